The maximum atomic E-state index is 15.6. The molecule has 11 nitrogen and oxygen atoms in total. The van der Waals surface area contributed by atoms with E-state index >= 15 is 4.39 Å². The quantitative estimate of drug-likeness (QED) is 0.423. The van der Waals surface area contributed by atoms with Crippen LogP contribution in [0.3, 0.4) is 0 Å². The molecule has 2 aliphatic rings. The first-order valence-corrected chi connectivity index (χ1v) is 14.1. The molecule has 0 bridgehead atoms. The van der Waals surface area contributed by atoms with Crippen LogP contribution < -0.4 is 10.5 Å². The van der Waals surface area contributed by atoms with E-state index in [0.29, 0.717) is 24.4 Å². The van der Waals surface area contributed by atoms with Crippen molar-refractivity contribution in [2.24, 2.45) is 10.7 Å². The summed E-state index contributed by atoms with van der Waals surface area (Å²) in [6.07, 6.45) is 6.34. The van der Waals surface area contributed by atoms with Crippen LogP contribution in [0.4, 0.5) is 4.39 Å². The third-order valence-electron chi connectivity index (χ3n) is 7.91. The number of nitrogens with zero attached hydrogens (tertiary/aromatic N) is 6. The van der Waals surface area contributed by atoms with Gasteiger partial charge in [-0.3, -0.25) is 9.69 Å². The Morgan fingerprint density at radius 1 is 1.15 bits per heavy atom. The first kappa shape index (κ1) is 27.6. The first-order chi connectivity index (χ1) is 19.0. The average molecular weight is 568 g/mol. The van der Waals surface area contributed by atoms with Gasteiger partial charge in [0, 0.05) is 56.6 Å². The van der Waals surface area contributed by atoms with Gasteiger partial charge >= 0.3 is 0 Å². The molecule has 2 atom stereocenters. The minimum atomic E-state index is -4.08. The molecule has 0 unspecified atom stereocenters. The van der Waals surface area contributed by atoms with Gasteiger partial charge in [0.05, 0.1) is 13.3 Å². The Morgan fingerprint density at radius 2 is 1.90 bits per heavy atom. The highest BCUT2D eigenvalue weighted by Gasteiger charge is 2.66. The number of ketones is 1. The molecule has 3 aromatic rings. The molecular formula is C27H30FN7O4S. The molecule has 1 fully saturated rings. The van der Waals surface area contributed by atoms with Gasteiger partial charge in [-0.25, -0.2) is 37.1 Å². The highest BCUT2D eigenvalue weighted by molar-refractivity contribution is 7.91. The molecule has 210 valence electrons. The highest BCUT2D eigenvalue weighted by Crippen LogP contribution is 2.51. The monoisotopic (exact) mass is 567 g/mol. The number of aromatic nitrogens is 3. The number of pyridine rings is 1. The van der Waals surface area contributed by atoms with Gasteiger partial charge < -0.3 is 10.5 Å². The lowest BCUT2D eigenvalue weighted by molar-refractivity contribution is 0.0988. The zero-order valence-corrected chi connectivity index (χ0v) is 23.2. The summed E-state index contributed by atoms with van der Waals surface area (Å²) in [6.45, 7) is 2.54. The summed E-state index contributed by atoms with van der Waals surface area (Å²) in [7, 11) is -1.22. The molecule has 5 rings (SSSR count). The molecule has 40 heavy (non-hydrogen) atoms. The molecule has 0 radical (unpaired) electrons. The Balaban J connectivity index is 1.54. The van der Waals surface area contributed by atoms with Gasteiger partial charge in [0.15, 0.2) is 5.78 Å². The van der Waals surface area contributed by atoms with Crippen molar-refractivity contribution in [1.29, 1.82) is 0 Å². The molecule has 1 aromatic carbocycles. The van der Waals surface area contributed by atoms with Crippen LogP contribution in [0.2, 0.25) is 0 Å². The number of ether oxygens (including phenoxy) is 1. The van der Waals surface area contributed by atoms with Gasteiger partial charge in [-0.1, -0.05) is 6.07 Å². The number of halogens is 1. The molecule has 1 spiro atoms. The number of benzene rings is 1. The standard InChI is InChI=1S/C27H30FN7O4S/c1-26(21-10-18(4-6-22(21)28)11-24(36)23-7-5-20(39-3)14-32-23)27(40(37,38)34(2)25(29)33-26)8-9-35(16-27)15-19-12-30-17-31-13-19/h4-7,10,12-14,17H,8-9,11,15-16H2,1-3H3,(H2,29,33)/t26-,27+/m1/s1. The number of nitrogens with two attached hydrogens (primary N) is 1. The van der Waals surface area contributed by atoms with Gasteiger partial charge in [-0.2, -0.15) is 0 Å². The summed E-state index contributed by atoms with van der Waals surface area (Å²) in [5.41, 5.74) is 6.15. The van der Waals surface area contributed by atoms with E-state index in [1.165, 1.54) is 44.9 Å². The Hall–Kier alpha value is -3.97. The second kappa shape index (κ2) is 10.2. The second-order valence-corrected chi connectivity index (χ2v) is 12.5. The molecule has 2 N–H and O–H groups in total. The van der Waals surface area contributed by atoms with Crippen LogP contribution in [-0.4, -0.2) is 76.3 Å². The van der Waals surface area contributed by atoms with Crippen molar-refractivity contribution < 1.29 is 22.3 Å². The molecule has 0 amide bonds. The van der Waals surface area contributed by atoms with E-state index < -0.39 is 26.1 Å². The van der Waals surface area contributed by atoms with Gasteiger partial charge in [-0.05, 0) is 43.2 Å². The third-order valence-corrected chi connectivity index (χ3v) is 10.5. The fourth-order valence-electron chi connectivity index (χ4n) is 5.61. The van der Waals surface area contributed by atoms with E-state index in [1.807, 2.05) is 4.90 Å². The Kier molecular flexibility index (Phi) is 7.04. The van der Waals surface area contributed by atoms with Gasteiger partial charge in [0.1, 0.15) is 33.9 Å². The lowest BCUT2D eigenvalue weighted by atomic mass is 9.77. The Labute approximate surface area is 232 Å². The van der Waals surface area contributed by atoms with Crippen LogP contribution in [-0.2, 0) is 28.5 Å². The lowest BCUT2D eigenvalue weighted by Crippen LogP contribution is -2.66. The molecule has 2 aromatic heterocycles. The maximum Gasteiger partial charge on any atom is 0.247 e. The first-order valence-electron chi connectivity index (χ1n) is 12.6. The number of hydrogen-bond donors (Lipinski definition) is 1. The van der Waals surface area contributed by atoms with E-state index in [0.717, 1.165) is 9.87 Å². The number of rotatable bonds is 7. The predicted octanol–water partition coefficient (Wildman–Crippen LogP) is 1.89. The van der Waals surface area contributed by atoms with Crippen molar-refractivity contribution >= 4 is 21.8 Å². The number of carbonyl (C=O) groups is 1. The van der Waals surface area contributed by atoms with E-state index in [1.54, 1.807) is 31.5 Å². The largest absolute Gasteiger partial charge is 0.495 e. The van der Waals surface area contributed by atoms with Crippen molar-refractivity contribution in [2.45, 2.75) is 36.6 Å². The number of methoxy groups -OCH3 is 1. The summed E-state index contributed by atoms with van der Waals surface area (Å²) >= 11 is 0. The summed E-state index contributed by atoms with van der Waals surface area (Å²) in [6, 6.07) is 7.45. The lowest BCUT2D eigenvalue weighted by Gasteiger charge is -2.48. The SMILES string of the molecule is COc1ccc(C(=O)Cc2ccc(F)c([C@@]3(C)N=C(N)N(C)S(=O)(=O)[C@]34CCN(Cc3cncnc3)C4)c2)nc1. The van der Waals surface area contributed by atoms with Crippen LogP contribution in [0, 0.1) is 5.82 Å². The smallest absolute Gasteiger partial charge is 0.247 e. The van der Waals surface area contributed by atoms with E-state index in [2.05, 4.69) is 19.9 Å². The van der Waals surface area contributed by atoms with Gasteiger partial charge in [0.25, 0.3) is 0 Å². The number of sulfonamides is 1. The molecule has 4 heterocycles. The minimum absolute atomic E-state index is 0.0602. The summed E-state index contributed by atoms with van der Waals surface area (Å²) in [4.78, 5) is 31.8. The Morgan fingerprint density at radius 3 is 2.58 bits per heavy atom. The van der Waals surface area contributed by atoms with Gasteiger partial charge in [-0.15, -0.1) is 0 Å². The molecule has 13 heteroatoms. The second-order valence-electron chi connectivity index (χ2n) is 10.2. The van der Waals surface area contributed by atoms with E-state index in [4.69, 9.17) is 10.5 Å². The summed E-state index contributed by atoms with van der Waals surface area (Å²) in [5.74, 6) is -0.627. The summed E-state index contributed by atoms with van der Waals surface area (Å²) < 4.78 is 48.3. The number of guanidine groups is 1. The van der Waals surface area contributed by atoms with Crippen LogP contribution >= 0.6 is 0 Å². The molecule has 0 saturated carbocycles. The predicted molar refractivity (Wildman–Crippen MR) is 146 cm³/mol. The van der Waals surface area contributed by atoms with Crippen molar-refractivity contribution in [3.8, 4) is 5.75 Å². The highest BCUT2D eigenvalue weighted by atomic mass is 32.2. The fourth-order valence-corrected chi connectivity index (χ4v) is 7.78. The number of aliphatic imine (C=N–C) groups is 1. The molecule has 0 aliphatic carbocycles. The fraction of sp³-hybridized carbons (Fsp3) is 0.370. The number of likely N-dealkylation sites (tertiary alicyclic amines) is 1. The summed E-state index contributed by atoms with van der Waals surface area (Å²) in [5, 5.41) is 0. The van der Waals surface area contributed by atoms with E-state index in [9.17, 15) is 13.2 Å². The molecule has 1 saturated heterocycles. The number of Topliss-reactive ketones (excluding diaryl/α,β-unsaturated/α-hetero) is 1. The van der Waals surface area contributed by atoms with Crippen molar-refractivity contribution in [1.82, 2.24) is 24.2 Å². The van der Waals surface area contributed by atoms with Crippen molar-refractivity contribution in [3.05, 3.63) is 83.5 Å². The van der Waals surface area contributed by atoms with Crippen LogP contribution in [0.1, 0.15) is 40.5 Å². The van der Waals surface area contributed by atoms with E-state index in [-0.39, 0.29) is 42.4 Å². The van der Waals surface area contributed by atoms with Crippen molar-refractivity contribution in [3.63, 3.8) is 0 Å². The molecule has 2 aliphatic heterocycles. The number of carbonyl (C=O) groups excluding carboxylic acids is 1. The Bertz CT molecular complexity index is 1570. The molecular weight excluding hydrogens is 537 g/mol. The zero-order chi connectivity index (χ0) is 28.7. The normalized spacial score (nSPS) is 24.2. The van der Waals surface area contributed by atoms with Crippen molar-refractivity contribution in [2.75, 3.05) is 27.2 Å². The van der Waals surface area contributed by atoms with Crippen LogP contribution in [0.5, 0.6) is 5.75 Å². The minimum Gasteiger partial charge on any atom is -0.495 e. The van der Waals surface area contributed by atoms with Crippen LogP contribution in [0.15, 0.2) is 60.2 Å². The third kappa shape index (κ3) is 4.48. The average Bonchev–Trinajstić information content (AvgIpc) is 3.39. The van der Waals surface area contributed by atoms with Crippen LogP contribution in [0.25, 0.3) is 0 Å². The number of hydrogen-bond acceptors (Lipinski definition) is 10. The topological polar surface area (TPSA) is 144 Å². The maximum absolute atomic E-state index is 15.6. The zero-order valence-electron chi connectivity index (χ0n) is 22.4. The van der Waals surface area contributed by atoms with Gasteiger partial charge in [0.2, 0.25) is 16.0 Å².